The van der Waals surface area contributed by atoms with Crippen LogP contribution in [0.4, 0.5) is 0 Å². The second-order valence-corrected chi connectivity index (χ2v) is 6.46. The highest BCUT2D eigenvalue weighted by molar-refractivity contribution is 6.24. The van der Waals surface area contributed by atoms with Gasteiger partial charge in [0.2, 0.25) is 0 Å². The molecule has 2 nitrogen and oxygen atoms in total. The molecule has 1 aliphatic carbocycles. The molecular formula is C22H16O2. The molecule has 0 bridgehead atoms. The van der Waals surface area contributed by atoms with E-state index >= 15 is 0 Å². The Balaban J connectivity index is 1.92. The number of rotatable bonds is 1. The number of carbonyl (C=O) groups is 1. The number of benzene rings is 4. The first-order valence-corrected chi connectivity index (χ1v) is 8.31. The van der Waals surface area contributed by atoms with Gasteiger partial charge < -0.3 is 4.74 Å². The first-order chi connectivity index (χ1) is 11.7. The summed E-state index contributed by atoms with van der Waals surface area (Å²) in [4.78, 5) is 11.4. The number of hydrogen-bond donors (Lipinski definition) is 0. The third kappa shape index (κ3) is 1.80. The molecule has 0 spiro atoms. The van der Waals surface area contributed by atoms with E-state index in [2.05, 4.69) is 48.5 Å². The fourth-order valence-corrected chi connectivity index (χ4v) is 4.07. The number of aryl methyl sites for hydroxylation is 1. The summed E-state index contributed by atoms with van der Waals surface area (Å²) in [6.45, 7) is 1.46. The summed E-state index contributed by atoms with van der Waals surface area (Å²) in [7, 11) is 0. The number of carbonyl (C=O) groups excluding carboxylic acids is 1. The lowest BCUT2D eigenvalue weighted by Gasteiger charge is -2.21. The smallest absolute Gasteiger partial charge is 0.308 e. The van der Waals surface area contributed by atoms with Crippen molar-refractivity contribution in [1.29, 1.82) is 0 Å². The molecule has 0 radical (unpaired) electrons. The molecule has 0 saturated carbocycles. The van der Waals surface area contributed by atoms with Gasteiger partial charge in [-0.05, 0) is 62.9 Å². The Morgan fingerprint density at radius 3 is 2.50 bits per heavy atom. The Labute approximate surface area is 139 Å². The fourth-order valence-electron chi connectivity index (χ4n) is 4.07. The summed E-state index contributed by atoms with van der Waals surface area (Å²) in [5, 5.41) is 7.69. The molecule has 116 valence electrons. The quantitative estimate of drug-likeness (QED) is 0.346. The second kappa shape index (κ2) is 4.81. The van der Waals surface area contributed by atoms with Crippen molar-refractivity contribution in [3.8, 4) is 0 Å². The summed E-state index contributed by atoms with van der Waals surface area (Å²) in [5.74, 6) is 0.438. The Morgan fingerprint density at radius 2 is 1.71 bits per heavy atom. The van der Waals surface area contributed by atoms with E-state index in [1.807, 2.05) is 6.08 Å². The predicted molar refractivity (Wildman–Crippen MR) is 98.2 cm³/mol. The van der Waals surface area contributed by atoms with E-state index in [0.717, 1.165) is 18.4 Å². The normalized spacial score (nSPS) is 14.1. The van der Waals surface area contributed by atoms with Gasteiger partial charge in [0.1, 0.15) is 5.76 Å². The number of esters is 1. The van der Waals surface area contributed by atoms with Crippen LogP contribution in [0.25, 0.3) is 38.1 Å². The summed E-state index contributed by atoms with van der Waals surface area (Å²) in [6, 6.07) is 17.4. The van der Waals surface area contributed by atoms with E-state index < -0.39 is 0 Å². The minimum atomic E-state index is -0.265. The molecule has 1 aliphatic rings. The molecule has 4 aromatic carbocycles. The first-order valence-electron chi connectivity index (χ1n) is 8.31. The molecule has 2 heteroatoms. The van der Waals surface area contributed by atoms with Crippen LogP contribution in [0, 0.1) is 0 Å². The molecule has 0 unspecified atom stereocenters. The Morgan fingerprint density at radius 1 is 0.958 bits per heavy atom. The number of hydrogen-bond acceptors (Lipinski definition) is 2. The molecule has 0 atom stereocenters. The third-order valence-electron chi connectivity index (χ3n) is 5.00. The van der Waals surface area contributed by atoms with Gasteiger partial charge in [0.05, 0.1) is 0 Å². The minimum Gasteiger partial charge on any atom is -0.426 e. The zero-order chi connectivity index (χ0) is 16.3. The van der Waals surface area contributed by atoms with Crippen LogP contribution in [-0.2, 0) is 16.0 Å². The third-order valence-corrected chi connectivity index (χ3v) is 5.00. The van der Waals surface area contributed by atoms with Gasteiger partial charge in [0, 0.05) is 12.5 Å². The minimum absolute atomic E-state index is 0.265. The Hall–Kier alpha value is -2.87. The van der Waals surface area contributed by atoms with E-state index in [4.69, 9.17) is 4.74 Å². The summed E-state index contributed by atoms with van der Waals surface area (Å²) in [6.07, 6.45) is 3.91. The maximum Gasteiger partial charge on any atom is 0.308 e. The van der Waals surface area contributed by atoms with Gasteiger partial charge in [-0.2, -0.15) is 0 Å². The highest BCUT2D eigenvalue weighted by atomic mass is 16.5. The van der Waals surface area contributed by atoms with Crippen LogP contribution < -0.4 is 0 Å². The second-order valence-electron chi connectivity index (χ2n) is 6.46. The number of allylic oxidation sites excluding steroid dienone is 1. The van der Waals surface area contributed by atoms with E-state index in [0.29, 0.717) is 5.76 Å². The van der Waals surface area contributed by atoms with Crippen molar-refractivity contribution in [3.63, 3.8) is 0 Å². The van der Waals surface area contributed by atoms with Crippen molar-refractivity contribution in [2.75, 3.05) is 0 Å². The molecule has 5 rings (SSSR count). The van der Waals surface area contributed by atoms with Crippen molar-refractivity contribution in [1.82, 2.24) is 0 Å². The van der Waals surface area contributed by atoms with Gasteiger partial charge in [0.25, 0.3) is 0 Å². The fraction of sp³-hybridized carbons (Fsp3) is 0.136. The zero-order valence-corrected chi connectivity index (χ0v) is 13.4. The summed E-state index contributed by atoms with van der Waals surface area (Å²) < 4.78 is 5.47. The van der Waals surface area contributed by atoms with Crippen LogP contribution in [0.1, 0.15) is 24.5 Å². The SMILES string of the molecule is CC(=O)OC1=CCCc2c1cc1ccc3cccc4ccc2c1c34. The zero-order valence-electron chi connectivity index (χ0n) is 13.4. The van der Waals surface area contributed by atoms with E-state index in [9.17, 15) is 4.79 Å². The van der Waals surface area contributed by atoms with Crippen molar-refractivity contribution < 1.29 is 9.53 Å². The number of ether oxygens (including phenoxy) is 1. The maximum atomic E-state index is 11.4. The van der Waals surface area contributed by atoms with Gasteiger partial charge in [-0.15, -0.1) is 0 Å². The highest BCUT2D eigenvalue weighted by Gasteiger charge is 2.20. The standard InChI is InChI=1S/C22H16O2/c1-13(23)24-20-7-3-6-17-18-11-10-15-5-2-4-14-8-9-16(12-19(17)20)22(18)21(14)15/h2,4-5,7-12H,3,6H2,1H3. The van der Waals surface area contributed by atoms with Crippen LogP contribution in [0.2, 0.25) is 0 Å². The molecule has 4 aromatic rings. The van der Waals surface area contributed by atoms with Crippen LogP contribution in [-0.4, -0.2) is 5.97 Å². The van der Waals surface area contributed by atoms with Crippen molar-refractivity contribution in [2.24, 2.45) is 0 Å². The Bertz CT molecular complexity index is 1140. The Kier molecular flexibility index (Phi) is 2.72. The molecule has 0 aromatic heterocycles. The summed E-state index contributed by atoms with van der Waals surface area (Å²) >= 11 is 0. The first kappa shape index (κ1) is 13.6. The lowest BCUT2D eigenvalue weighted by Crippen LogP contribution is -2.06. The van der Waals surface area contributed by atoms with Crippen molar-refractivity contribution in [3.05, 3.63) is 65.7 Å². The van der Waals surface area contributed by atoms with Gasteiger partial charge >= 0.3 is 5.97 Å². The monoisotopic (exact) mass is 312 g/mol. The molecule has 0 heterocycles. The van der Waals surface area contributed by atoms with Crippen molar-refractivity contribution in [2.45, 2.75) is 19.8 Å². The van der Waals surface area contributed by atoms with E-state index in [1.54, 1.807) is 0 Å². The van der Waals surface area contributed by atoms with Gasteiger partial charge in [0.15, 0.2) is 0 Å². The van der Waals surface area contributed by atoms with Gasteiger partial charge in [-0.25, -0.2) is 0 Å². The topological polar surface area (TPSA) is 26.3 Å². The summed E-state index contributed by atoms with van der Waals surface area (Å²) in [5.41, 5.74) is 2.35. The molecule has 0 fully saturated rings. The van der Waals surface area contributed by atoms with Crippen LogP contribution >= 0.6 is 0 Å². The average Bonchev–Trinajstić information content (AvgIpc) is 2.59. The molecule has 0 aliphatic heterocycles. The lowest BCUT2D eigenvalue weighted by atomic mass is 9.85. The van der Waals surface area contributed by atoms with E-state index in [-0.39, 0.29) is 5.97 Å². The van der Waals surface area contributed by atoms with Crippen LogP contribution in [0.3, 0.4) is 0 Å². The number of fused-ring (bicyclic) bond motifs is 2. The van der Waals surface area contributed by atoms with E-state index in [1.165, 1.54) is 44.8 Å². The molecule has 24 heavy (non-hydrogen) atoms. The van der Waals surface area contributed by atoms with Gasteiger partial charge in [-0.1, -0.05) is 42.5 Å². The molecule has 0 amide bonds. The van der Waals surface area contributed by atoms with Crippen LogP contribution in [0.5, 0.6) is 0 Å². The molecular weight excluding hydrogens is 296 g/mol. The van der Waals surface area contributed by atoms with Crippen molar-refractivity contribution >= 4 is 44.0 Å². The molecule has 0 saturated heterocycles. The highest BCUT2D eigenvalue weighted by Crippen LogP contribution is 2.41. The van der Waals surface area contributed by atoms with Crippen LogP contribution in [0.15, 0.2) is 54.6 Å². The largest absolute Gasteiger partial charge is 0.426 e. The molecule has 0 N–H and O–H groups in total. The van der Waals surface area contributed by atoms with Gasteiger partial charge in [-0.3, -0.25) is 4.79 Å². The average molecular weight is 312 g/mol. The predicted octanol–water partition coefficient (Wildman–Crippen LogP) is 5.43. The lowest BCUT2D eigenvalue weighted by molar-refractivity contribution is -0.134. The maximum absolute atomic E-state index is 11.4.